The van der Waals surface area contributed by atoms with E-state index in [9.17, 15) is 4.79 Å². The second kappa shape index (κ2) is 4.09. The molecule has 1 aliphatic heterocycles. The Balaban J connectivity index is 2.03. The standard InChI is InChI=1S/C12H12N2O2S/c15-12(16)7-3-4-8-10(6-7)17-11(14-8)9-2-1-5-13-9/h3-4,6,9,13H,1-2,5H2,(H,15,16). The number of hydrogen-bond donors (Lipinski definition) is 2. The quantitative estimate of drug-likeness (QED) is 0.856. The molecule has 1 aromatic carbocycles. The lowest BCUT2D eigenvalue weighted by atomic mass is 10.2. The molecule has 0 spiro atoms. The van der Waals surface area contributed by atoms with Crippen molar-refractivity contribution in [3.8, 4) is 0 Å². The number of aromatic carboxylic acids is 1. The first-order valence-electron chi connectivity index (χ1n) is 5.61. The number of thiazole rings is 1. The molecule has 2 aromatic rings. The minimum absolute atomic E-state index is 0.326. The molecular formula is C12H12N2O2S. The van der Waals surface area contributed by atoms with E-state index in [2.05, 4.69) is 10.3 Å². The van der Waals surface area contributed by atoms with E-state index in [1.54, 1.807) is 29.5 Å². The molecule has 1 atom stereocenters. The van der Waals surface area contributed by atoms with Gasteiger partial charge in [0.25, 0.3) is 0 Å². The average Bonchev–Trinajstić information content (AvgIpc) is 2.96. The van der Waals surface area contributed by atoms with Gasteiger partial charge in [-0.2, -0.15) is 0 Å². The highest BCUT2D eigenvalue weighted by atomic mass is 32.1. The van der Waals surface area contributed by atoms with Gasteiger partial charge < -0.3 is 10.4 Å². The van der Waals surface area contributed by atoms with E-state index in [1.165, 1.54) is 6.42 Å². The summed E-state index contributed by atoms with van der Waals surface area (Å²) in [4.78, 5) is 15.4. The molecule has 1 fully saturated rings. The fourth-order valence-corrected chi connectivity index (χ4v) is 3.24. The van der Waals surface area contributed by atoms with Crippen molar-refractivity contribution in [1.82, 2.24) is 10.3 Å². The van der Waals surface area contributed by atoms with Crippen LogP contribution in [0.25, 0.3) is 10.2 Å². The zero-order valence-electron chi connectivity index (χ0n) is 9.14. The minimum atomic E-state index is -0.888. The molecule has 1 aliphatic rings. The molecule has 1 unspecified atom stereocenters. The maximum Gasteiger partial charge on any atom is 0.335 e. The lowest BCUT2D eigenvalue weighted by Crippen LogP contribution is -2.12. The van der Waals surface area contributed by atoms with Crippen LogP contribution in [-0.4, -0.2) is 22.6 Å². The van der Waals surface area contributed by atoms with Crippen molar-refractivity contribution in [2.24, 2.45) is 0 Å². The summed E-state index contributed by atoms with van der Waals surface area (Å²) in [5, 5.41) is 13.4. The number of rotatable bonds is 2. The van der Waals surface area contributed by atoms with Gasteiger partial charge in [-0.25, -0.2) is 9.78 Å². The summed E-state index contributed by atoms with van der Waals surface area (Å²) in [5.41, 5.74) is 1.22. The van der Waals surface area contributed by atoms with Crippen LogP contribution in [0.2, 0.25) is 0 Å². The third-order valence-corrected chi connectivity index (χ3v) is 4.14. The Labute approximate surface area is 102 Å². The fourth-order valence-electron chi connectivity index (χ4n) is 2.12. The number of aromatic nitrogens is 1. The number of hydrogen-bond acceptors (Lipinski definition) is 4. The van der Waals surface area contributed by atoms with Gasteiger partial charge in [0.2, 0.25) is 0 Å². The monoisotopic (exact) mass is 248 g/mol. The van der Waals surface area contributed by atoms with Gasteiger partial charge in [-0.05, 0) is 37.6 Å². The number of carboxylic acids is 1. The second-order valence-corrected chi connectivity index (χ2v) is 5.25. The number of fused-ring (bicyclic) bond motifs is 1. The average molecular weight is 248 g/mol. The fraction of sp³-hybridized carbons (Fsp3) is 0.333. The van der Waals surface area contributed by atoms with Crippen molar-refractivity contribution in [2.75, 3.05) is 6.54 Å². The highest BCUT2D eigenvalue weighted by Crippen LogP contribution is 2.31. The zero-order chi connectivity index (χ0) is 11.8. The summed E-state index contributed by atoms with van der Waals surface area (Å²) in [6.07, 6.45) is 2.30. The Bertz CT molecular complexity index is 573. The summed E-state index contributed by atoms with van der Waals surface area (Å²) in [6, 6.07) is 5.44. The van der Waals surface area contributed by atoms with Gasteiger partial charge in [-0.3, -0.25) is 0 Å². The van der Waals surface area contributed by atoms with Crippen molar-refractivity contribution in [3.63, 3.8) is 0 Å². The smallest absolute Gasteiger partial charge is 0.335 e. The number of nitrogens with one attached hydrogen (secondary N) is 1. The van der Waals surface area contributed by atoms with Crippen LogP contribution in [0.5, 0.6) is 0 Å². The molecule has 4 nitrogen and oxygen atoms in total. The first kappa shape index (κ1) is 10.7. The van der Waals surface area contributed by atoms with Gasteiger partial charge in [-0.15, -0.1) is 11.3 Å². The van der Waals surface area contributed by atoms with Crippen LogP contribution in [0, 0.1) is 0 Å². The normalized spacial score (nSPS) is 19.9. The molecule has 1 aromatic heterocycles. The van der Waals surface area contributed by atoms with Gasteiger partial charge in [0.15, 0.2) is 0 Å². The molecule has 0 bridgehead atoms. The largest absolute Gasteiger partial charge is 0.478 e. The lowest BCUT2D eigenvalue weighted by molar-refractivity contribution is 0.0697. The van der Waals surface area contributed by atoms with Crippen LogP contribution in [-0.2, 0) is 0 Å². The summed E-state index contributed by atoms with van der Waals surface area (Å²) < 4.78 is 0.952. The number of carbonyl (C=O) groups is 1. The summed E-state index contributed by atoms with van der Waals surface area (Å²) in [7, 11) is 0. The Kier molecular flexibility index (Phi) is 2.57. The van der Waals surface area contributed by atoms with Crippen molar-refractivity contribution in [2.45, 2.75) is 18.9 Å². The summed E-state index contributed by atoms with van der Waals surface area (Å²) in [5.74, 6) is -0.888. The number of benzene rings is 1. The van der Waals surface area contributed by atoms with Crippen LogP contribution in [0.1, 0.15) is 34.2 Å². The minimum Gasteiger partial charge on any atom is -0.478 e. The van der Waals surface area contributed by atoms with Crippen molar-refractivity contribution in [1.29, 1.82) is 0 Å². The highest BCUT2D eigenvalue weighted by molar-refractivity contribution is 7.18. The van der Waals surface area contributed by atoms with E-state index in [4.69, 9.17) is 5.11 Å². The van der Waals surface area contributed by atoms with Crippen molar-refractivity contribution in [3.05, 3.63) is 28.8 Å². The van der Waals surface area contributed by atoms with Crippen LogP contribution < -0.4 is 5.32 Å². The van der Waals surface area contributed by atoms with Gasteiger partial charge in [0.05, 0.1) is 21.8 Å². The van der Waals surface area contributed by atoms with Gasteiger partial charge in [0.1, 0.15) is 5.01 Å². The van der Waals surface area contributed by atoms with Crippen LogP contribution >= 0.6 is 11.3 Å². The molecular weight excluding hydrogens is 236 g/mol. The molecule has 2 N–H and O–H groups in total. The number of nitrogens with zero attached hydrogens (tertiary/aromatic N) is 1. The lowest BCUT2D eigenvalue weighted by Gasteiger charge is -2.03. The van der Waals surface area contributed by atoms with E-state index >= 15 is 0 Å². The van der Waals surface area contributed by atoms with E-state index in [0.29, 0.717) is 11.6 Å². The highest BCUT2D eigenvalue weighted by Gasteiger charge is 2.20. The molecule has 5 heteroatoms. The predicted molar refractivity (Wildman–Crippen MR) is 66.6 cm³/mol. The molecule has 1 saturated heterocycles. The maximum atomic E-state index is 10.9. The zero-order valence-corrected chi connectivity index (χ0v) is 9.96. The molecule has 0 amide bonds. The molecule has 88 valence electrons. The second-order valence-electron chi connectivity index (χ2n) is 4.19. The molecule has 0 radical (unpaired) electrons. The number of carboxylic acid groups (broad SMARTS) is 1. The van der Waals surface area contributed by atoms with E-state index in [0.717, 1.165) is 28.2 Å². The van der Waals surface area contributed by atoms with Crippen LogP contribution in [0.15, 0.2) is 18.2 Å². The van der Waals surface area contributed by atoms with E-state index in [1.807, 2.05) is 0 Å². The van der Waals surface area contributed by atoms with Crippen molar-refractivity contribution >= 4 is 27.5 Å². The van der Waals surface area contributed by atoms with Crippen LogP contribution in [0.4, 0.5) is 0 Å². The molecule has 2 heterocycles. The first-order valence-corrected chi connectivity index (χ1v) is 6.43. The first-order chi connectivity index (χ1) is 8.24. The Morgan fingerprint density at radius 3 is 3.12 bits per heavy atom. The van der Waals surface area contributed by atoms with Gasteiger partial charge in [0, 0.05) is 0 Å². The van der Waals surface area contributed by atoms with Gasteiger partial charge in [-0.1, -0.05) is 0 Å². The Morgan fingerprint density at radius 2 is 2.41 bits per heavy atom. The van der Waals surface area contributed by atoms with E-state index < -0.39 is 5.97 Å². The maximum absolute atomic E-state index is 10.9. The van der Waals surface area contributed by atoms with Crippen LogP contribution in [0.3, 0.4) is 0 Å². The molecule has 0 aliphatic carbocycles. The molecule has 3 rings (SSSR count). The summed E-state index contributed by atoms with van der Waals surface area (Å²) >= 11 is 1.59. The predicted octanol–water partition coefficient (Wildman–Crippen LogP) is 2.42. The van der Waals surface area contributed by atoms with E-state index in [-0.39, 0.29) is 0 Å². The third-order valence-electron chi connectivity index (χ3n) is 3.01. The SMILES string of the molecule is O=C(O)c1ccc2nc(C3CCCN3)sc2c1. The Hall–Kier alpha value is -1.46. The van der Waals surface area contributed by atoms with Crippen molar-refractivity contribution < 1.29 is 9.90 Å². The summed E-state index contributed by atoms with van der Waals surface area (Å²) in [6.45, 7) is 1.04. The van der Waals surface area contributed by atoms with Gasteiger partial charge >= 0.3 is 5.97 Å². The third kappa shape index (κ3) is 1.92. The Morgan fingerprint density at radius 1 is 1.53 bits per heavy atom. The molecule has 0 saturated carbocycles. The topological polar surface area (TPSA) is 62.2 Å². The molecule has 17 heavy (non-hydrogen) atoms.